The molecule has 0 unspecified atom stereocenters. The van der Waals surface area contributed by atoms with E-state index in [9.17, 15) is 0 Å². The number of benzene rings is 6. The molecule has 0 saturated heterocycles. The fourth-order valence-corrected chi connectivity index (χ4v) is 7.25. The first kappa shape index (κ1) is 25.0. The predicted molar refractivity (Wildman–Crippen MR) is 182 cm³/mol. The molecule has 0 amide bonds. The summed E-state index contributed by atoms with van der Waals surface area (Å²) in [5.41, 5.74) is 14.8. The summed E-state index contributed by atoms with van der Waals surface area (Å²) < 4.78 is 8.95. The van der Waals surface area contributed by atoms with Crippen molar-refractivity contribution in [2.45, 2.75) is 19.3 Å². The van der Waals surface area contributed by atoms with E-state index in [2.05, 4.69) is 163 Å². The largest absolute Gasteiger partial charge is 0.436 e. The Morgan fingerprint density at radius 1 is 0.545 bits per heavy atom. The summed E-state index contributed by atoms with van der Waals surface area (Å²) in [5, 5.41) is 1.15. The van der Waals surface area contributed by atoms with Gasteiger partial charge in [0.2, 0.25) is 5.71 Å². The van der Waals surface area contributed by atoms with Gasteiger partial charge in [-0.15, -0.1) is 0 Å². The molecule has 3 heteroatoms. The van der Waals surface area contributed by atoms with Crippen LogP contribution in [0.2, 0.25) is 0 Å². The van der Waals surface area contributed by atoms with Gasteiger partial charge in [-0.05, 0) is 75.8 Å². The van der Waals surface area contributed by atoms with Crippen LogP contribution in [0.25, 0.3) is 50.0 Å². The van der Waals surface area contributed by atoms with Crippen LogP contribution in [0.1, 0.15) is 25.0 Å². The Balaban J connectivity index is 1.32. The molecule has 210 valence electrons. The average Bonchev–Trinajstić information content (AvgIpc) is 3.68. The summed E-state index contributed by atoms with van der Waals surface area (Å²) in [6, 6.07) is 52.2. The molecule has 0 fully saturated rings. The Morgan fingerprint density at radius 3 is 2.02 bits per heavy atom. The molecule has 44 heavy (non-hydrogen) atoms. The molecule has 0 atom stereocenters. The first-order valence-corrected chi connectivity index (χ1v) is 15.2. The Labute approximate surface area is 256 Å². The highest BCUT2D eigenvalue weighted by molar-refractivity contribution is 6.09. The molecule has 0 aliphatic heterocycles. The molecule has 9 rings (SSSR count). The second-order valence-electron chi connectivity index (χ2n) is 12.2. The summed E-state index contributed by atoms with van der Waals surface area (Å²) in [7, 11) is 0. The van der Waals surface area contributed by atoms with E-state index in [1.165, 1.54) is 33.4 Å². The maximum Gasteiger partial charge on any atom is 0.230 e. The van der Waals surface area contributed by atoms with Gasteiger partial charge in [0.25, 0.3) is 0 Å². The topological polar surface area (TPSA) is 20.8 Å². The van der Waals surface area contributed by atoms with Gasteiger partial charge in [-0.25, -0.2) is 0 Å². The van der Waals surface area contributed by atoms with E-state index in [4.69, 9.17) is 4.42 Å². The molecule has 1 aliphatic rings. The van der Waals surface area contributed by atoms with Crippen LogP contribution in [0.3, 0.4) is 0 Å². The van der Waals surface area contributed by atoms with Crippen LogP contribution in [-0.2, 0) is 5.41 Å². The van der Waals surface area contributed by atoms with Crippen molar-refractivity contribution in [3.63, 3.8) is 0 Å². The highest BCUT2D eigenvalue weighted by Gasteiger charge is 2.36. The summed E-state index contributed by atoms with van der Waals surface area (Å²) in [4.78, 5) is 2.38. The maximum absolute atomic E-state index is 6.69. The molecular weight excluding hydrogens is 536 g/mol. The molecule has 0 bridgehead atoms. The number of anilines is 3. The quantitative estimate of drug-likeness (QED) is 0.211. The normalized spacial score (nSPS) is 13.4. The van der Waals surface area contributed by atoms with E-state index < -0.39 is 0 Å². The first-order chi connectivity index (χ1) is 21.6. The van der Waals surface area contributed by atoms with Gasteiger partial charge >= 0.3 is 0 Å². The molecule has 0 spiro atoms. The molecule has 2 aromatic heterocycles. The fourth-order valence-electron chi connectivity index (χ4n) is 7.25. The Bertz CT molecular complexity index is 2360. The number of nitrogens with zero attached hydrogens (tertiary/aromatic N) is 2. The number of hydrogen-bond donors (Lipinski definition) is 0. The van der Waals surface area contributed by atoms with Gasteiger partial charge in [-0.3, -0.25) is 4.40 Å². The van der Waals surface area contributed by atoms with Crippen LogP contribution in [0, 0.1) is 0 Å². The smallest absolute Gasteiger partial charge is 0.230 e. The van der Waals surface area contributed by atoms with Crippen molar-refractivity contribution >= 4 is 44.8 Å². The van der Waals surface area contributed by atoms with Crippen molar-refractivity contribution < 1.29 is 4.42 Å². The third-order valence-electron chi connectivity index (χ3n) is 9.40. The Kier molecular flexibility index (Phi) is 5.24. The summed E-state index contributed by atoms with van der Waals surface area (Å²) in [6.45, 7) is 4.68. The summed E-state index contributed by atoms with van der Waals surface area (Å²) >= 11 is 0. The first-order valence-electron chi connectivity index (χ1n) is 15.2. The Morgan fingerprint density at radius 2 is 1.18 bits per heavy atom. The van der Waals surface area contributed by atoms with Gasteiger partial charge in [-0.2, -0.15) is 0 Å². The average molecular weight is 567 g/mol. The molecule has 0 radical (unpaired) electrons. The van der Waals surface area contributed by atoms with Crippen molar-refractivity contribution in [2.75, 3.05) is 4.90 Å². The van der Waals surface area contributed by atoms with Gasteiger partial charge in [0, 0.05) is 22.2 Å². The fraction of sp³-hybridized carbons (Fsp3) is 0.0732. The molecule has 6 aromatic carbocycles. The molecule has 0 N–H and O–H groups in total. The number of rotatable bonds is 4. The van der Waals surface area contributed by atoms with Gasteiger partial charge in [0.05, 0.1) is 11.0 Å². The van der Waals surface area contributed by atoms with Crippen molar-refractivity contribution in [1.29, 1.82) is 0 Å². The zero-order chi connectivity index (χ0) is 29.4. The summed E-state index contributed by atoms with van der Waals surface area (Å²) in [6.07, 6.45) is 0. The van der Waals surface area contributed by atoms with Crippen LogP contribution < -0.4 is 4.90 Å². The number of hydrogen-bond acceptors (Lipinski definition) is 2. The zero-order valence-electron chi connectivity index (χ0n) is 24.7. The predicted octanol–water partition coefficient (Wildman–Crippen LogP) is 11.3. The third-order valence-corrected chi connectivity index (χ3v) is 9.40. The van der Waals surface area contributed by atoms with Crippen molar-refractivity contribution in [2.24, 2.45) is 0 Å². The number of oxazole rings is 1. The van der Waals surface area contributed by atoms with Crippen molar-refractivity contribution in [3.8, 4) is 22.3 Å². The van der Waals surface area contributed by atoms with Gasteiger partial charge in [0.1, 0.15) is 5.69 Å². The van der Waals surface area contributed by atoms with Crippen LogP contribution in [0.5, 0.6) is 0 Å². The van der Waals surface area contributed by atoms with Crippen LogP contribution in [-0.4, -0.2) is 4.40 Å². The summed E-state index contributed by atoms with van der Waals surface area (Å²) in [5.74, 6) is 0. The van der Waals surface area contributed by atoms with Gasteiger partial charge < -0.3 is 9.32 Å². The van der Waals surface area contributed by atoms with E-state index >= 15 is 0 Å². The number of para-hydroxylation sites is 3. The lowest BCUT2D eigenvalue weighted by atomic mass is 9.82. The highest BCUT2D eigenvalue weighted by Crippen LogP contribution is 2.52. The molecule has 2 heterocycles. The lowest BCUT2D eigenvalue weighted by Gasteiger charge is -2.27. The third kappa shape index (κ3) is 3.50. The number of fused-ring (bicyclic) bond motifs is 8. The monoisotopic (exact) mass is 566 g/mol. The van der Waals surface area contributed by atoms with E-state index in [0.29, 0.717) is 0 Å². The van der Waals surface area contributed by atoms with E-state index in [1.54, 1.807) is 0 Å². The lowest BCUT2D eigenvalue weighted by Crippen LogP contribution is -2.16. The molecule has 1 aliphatic carbocycles. The van der Waals surface area contributed by atoms with E-state index in [1.807, 2.05) is 6.07 Å². The molecule has 0 saturated carbocycles. The second-order valence-corrected chi connectivity index (χ2v) is 12.2. The molecule has 8 aromatic rings. The second kappa shape index (κ2) is 9.23. The van der Waals surface area contributed by atoms with Crippen molar-refractivity contribution in [1.82, 2.24) is 4.40 Å². The SMILES string of the molecule is CC1(C)c2ccccc2-c2ccc(N(c3ccc(-c4ccccc4)cc3)c3c4ccccc4n4c3oc3ccccc34)cc21. The lowest BCUT2D eigenvalue weighted by molar-refractivity contribution is 0.657. The van der Waals surface area contributed by atoms with Crippen LogP contribution in [0.15, 0.2) is 150 Å². The Hall–Kier alpha value is -5.54. The maximum atomic E-state index is 6.69. The van der Waals surface area contributed by atoms with Gasteiger partial charge in [0.15, 0.2) is 5.58 Å². The minimum Gasteiger partial charge on any atom is -0.436 e. The van der Waals surface area contributed by atoms with Crippen LogP contribution in [0.4, 0.5) is 17.1 Å². The van der Waals surface area contributed by atoms with Crippen LogP contribution >= 0.6 is 0 Å². The van der Waals surface area contributed by atoms with E-state index in [-0.39, 0.29) is 5.41 Å². The highest BCUT2D eigenvalue weighted by atomic mass is 16.3. The van der Waals surface area contributed by atoms with Gasteiger partial charge in [-0.1, -0.05) is 117 Å². The number of aromatic nitrogens is 1. The minimum absolute atomic E-state index is 0.109. The minimum atomic E-state index is -0.109. The zero-order valence-corrected chi connectivity index (χ0v) is 24.7. The standard InChI is InChI=1S/C41H30N2O/c1-41(2)34-16-8-6-14-31(34)32-25-24-30(26-35(32)41)42(29-22-20-28(21-23-29)27-12-4-3-5-13-27)39-33-15-7-9-17-36(33)43-37-18-10-11-19-38(37)44-40(39)43/h3-26H,1-2H3. The molecule has 3 nitrogen and oxygen atoms in total. The molecular formula is C41H30N2O. The van der Waals surface area contributed by atoms with Crippen molar-refractivity contribution in [3.05, 3.63) is 157 Å². The van der Waals surface area contributed by atoms with E-state index in [0.717, 1.165) is 44.8 Å².